The van der Waals surface area contributed by atoms with Crippen molar-refractivity contribution in [3.05, 3.63) is 23.5 Å². The predicted octanol–water partition coefficient (Wildman–Crippen LogP) is 2.52. The number of likely N-dealkylation sites (tertiary alicyclic amines) is 1. The van der Waals surface area contributed by atoms with Crippen molar-refractivity contribution in [2.24, 2.45) is 11.7 Å². The molecule has 2 N–H and O–H groups in total. The molecule has 2 aromatic rings. The number of fused-ring (bicyclic) bond motifs is 1. The molecule has 130 valence electrons. The number of piperidine rings is 1. The molecule has 0 spiro atoms. The van der Waals surface area contributed by atoms with E-state index in [1.807, 2.05) is 29.5 Å². The average molecular weight is 329 g/mol. The van der Waals surface area contributed by atoms with Crippen LogP contribution in [-0.2, 0) is 0 Å². The Morgan fingerprint density at radius 3 is 2.79 bits per heavy atom. The zero-order valence-corrected chi connectivity index (χ0v) is 15.0. The molecular weight excluding hydrogens is 302 g/mol. The Balaban J connectivity index is 1.98. The van der Waals surface area contributed by atoms with Crippen LogP contribution < -0.4 is 5.73 Å². The highest BCUT2D eigenvalue weighted by Gasteiger charge is 2.28. The molecule has 1 fully saturated rings. The van der Waals surface area contributed by atoms with E-state index in [2.05, 4.69) is 23.9 Å². The summed E-state index contributed by atoms with van der Waals surface area (Å²) in [5.41, 5.74) is 8.39. The Kier molecular flexibility index (Phi) is 4.58. The lowest BCUT2D eigenvalue weighted by molar-refractivity contribution is 0.0663. The van der Waals surface area contributed by atoms with E-state index in [4.69, 9.17) is 5.73 Å². The van der Waals surface area contributed by atoms with Gasteiger partial charge in [-0.2, -0.15) is 5.10 Å². The molecule has 2 atom stereocenters. The van der Waals surface area contributed by atoms with Crippen LogP contribution in [0.5, 0.6) is 0 Å². The van der Waals surface area contributed by atoms with Gasteiger partial charge in [0.1, 0.15) is 0 Å². The zero-order valence-electron chi connectivity index (χ0n) is 15.0. The number of nitrogens with zero attached hydrogens (tertiary/aromatic N) is 4. The first-order valence-electron chi connectivity index (χ1n) is 8.78. The fourth-order valence-corrected chi connectivity index (χ4v) is 3.49. The summed E-state index contributed by atoms with van der Waals surface area (Å²) in [4.78, 5) is 19.7. The number of hydrogen-bond donors (Lipinski definition) is 1. The second-order valence-electron chi connectivity index (χ2n) is 7.24. The van der Waals surface area contributed by atoms with Crippen molar-refractivity contribution < 1.29 is 4.79 Å². The van der Waals surface area contributed by atoms with E-state index in [1.54, 1.807) is 6.20 Å². The summed E-state index contributed by atoms with van der Waals surface area (Å²) in [6.45, 7) is 9.61. The summed E-state index contributed by atoms with van der Waals surface area (Å²) in [7, 11) is 0. The second kappa shape index (κ2) is 6.51. The van der Waals surface area contributed by atoms with Crippen LogP contribution in [-0.4, -0.2) is 44.7 Å². The number of carbonyl (C=O) groups is 1. The highest BCUT2D eigenvalue weighted by Crippen LogP contribution is 2.25. The fourth-order valence-electron chi connectivity index (χ4n) is 3.49. The minimum atomic E-state index is 0.0687. The Labute approximate surface area is 143 Å². The van der Waals surface area contributed by atoms with Gasteiger partial charge in [0.15, 0.2) is 5.65 Å². The number of rotatable bonds is 3. The van der Waals surface area contributed by atoms with Crippen LogP contribution >= 0.6 is 0 Å². The van der Waals surface area contributed by atoms with Gasteiger partial charge in [-0.25, -0.2) is 9.67 Å². The molecule has 3 rings (SSSR count). The van der Waals surface area contributed by atoms with Crippen molar-refractivity contribution in [3.63, 3.8) is 0 Å². The van der Waals surface area contributed by atoms with Crippen LogP contribution in [0.25, 0.3) is 11.0 Å². The molecule has 0 radical (unpaired) electrons. The Morgan fingerprint density at radius 1 is 1.38 bits per heavy atom. The lowest BCUT2D eigenvalue weighted by Gasteiger charge is -2.34. The van der Waals surface area contributed by atoms with Crippen molar-refractivity contribution in [1.29, 1.82) is 0 Å². The van der Waals surface area contributed by atoms with Gasteiger partial charge >= 0.3 is 0 Å². The highest BCUT2D eigenvalue weighted by molar-refractivity contribution is 6.05. The third-order valence-electron chi connectivity index (χ3n) is 4.90. The standard InChI is InChI=1S/C18H27N5O/c1-11(2)23-17-16(9-20-23)15(8-12(3)21-17)18(24)22-7-5-6-14(10-22)13(4)19/h8-9,11,13-14H,5-7,10,19H2,1-4H3/t13-,14-/m1/s1. The second-order valence-corrected chi connectivity index (χ2v) is 7.24. The molecule has 2 aromatic heterocycles. The fraction of sp³-hybridized carbons (Fsp3) is 0.611. The molecule has 0 unspecified atom stereocenters. The lowest BCUT2D eigenvalue weighted by Crippen LogP contribution is -2.45. The first-order valence-corrected chi connectivity index (χ1v) is 8.78. The van der Waals surface area contributed by atoms with E-state index >= 15 is 0 Å². The van der Waals surface area contributed by atoms with Gasteiger partial charge in [0, 0.05) is 30.9 Å². The van der Waals surface area contributed by atoms with Gasteiger partial charge in [0.05, 0.1) is 17.1 Å². The maximum Gasteiger partial charge on any atom is 0.254 e. The SMILES string of the molecule is Cc1cc(C(=O)N2CCC[C@@H]([C@@H](C)N)C2)c2cnn(C(C)C)c2n1. The Hall–Kier alpha value is -1.95. The van der Waals surface area contributed by atoms with Crippen LogP contribution in [0.1, 0.15) is 55.7 Å². The molecule has 1 saturated heterocycles. The van der Waals surface area contributed by atoms with E-state index in [0.29, 0.717) is 11.5 Å². The topological polar surface area (TPSA) is 77.0 Å². The summed E-state index contributed by atoms with van der Waals surface area (Å²) >= 11 is 0. The predicted molar refractivity (Wildman–Crippen MR) is 94.9 cm³/mol. The summed E-state index contributed by atoms with van der Waals surface area (Å²) in [6, 6.07) is 2.20. The molecule has 6 nitrogen and oxygen atoms in total. The summed E-state index contributed by atoms with van der Waals surface area (Å²) in [6.07, 6.45) is 3.87. The quantitative estimate of drug-likeness (QED) is 0.938. The number of aryl methyl sites for hydroxylation is 1. The first kappa shape index (κ1) is 16.9. The van der Waals surface area contributed by atoms with Gasteiger partial charge < -0.3 is 10.6 Å². The maximum absolute atomic E-state index is 13.1. The molecule has 6 heteroatoms. The lowest BCUT2D eigenvalue weighted by atomic mass is 9.91. The third-order valence-corrected chi connectivity index (χ3v) is 4.90. The molecule has 1 aliphatic heterocycles. The Bertz CT molecular complexity index is 749. The third kappa shape index (κ3) is 3.02. The average Bonchev–Trinajstić information content (AvgIpc) is 2.97. The summed E-state index contributed by atoms with van der Waals surface area (Å²) in [5, 5.41) is 5.27. The smallest absolute Gasteiger partial charge is 0.254 e. The first-order chi connectivity index (χ1) is 11.4. The van der Waals surface area contributed by atoms with Gasteiger partial charge in [-0.05, 0) is 52.5 Å². The van der Waals surface area contributed by atoms with Gasteiger partial charge in [-0.3, -0.25) is 4.79 Å². The largest absolute Gasteiger partial charge is 0.338 e. The molecule has 24 heavy (non-hydrogen) atoms. The number of carbonyl (C=O) groups excluding carboxylic acids is 1. The molecule has 3 heterocycles. The van der Waals surface area contributed by atoms with E-state index in [1.165, 1.54) is 0 Å². The van der Waals surface area contributed by atoms with Crippen molar-refractivity contribution in [1.82, 2.24) is 19.7 Å². The summed E-state index contributed by atoms with van der Waals surface area (Å²) < 4.78 is 1.88. The number of pyridine rings is 1. The minimum Gasteiger partial charge on any atom is -0.338 e. The van der Waals surface area contributed by atoms with E-state index in [-0.39, 0.29) is 18.0 Å². The van der Waals surface area contributed by atoms with Crippen LogP contribution in [0.4, 0.5) is 0 Å². The monoisotopic (exact) mass is 329 g/mol. The molecule has 0 bridgehead atoms. The number of aromatic nitrogens is 3. The van der Waals surface area contributed by atoms with Gasteiger partial charge in [-0.1, -0.05) is 0 Å². The summed E-state index contributed by atoms with van der Waals surface area (Å²) in [5.74, 6) is 0.443. The minimum absolute atomic E-state index is 0.0687. The van der Waals surface area contributed by atoms with Gasteiger partial charge in [0.25, 0.3) is 5.91 Å². The van der Waals surface area contributed by atoms with Crippen molar-refractivity contribution in [2.45, 2.75) is 52.6 Å². The van der Waals surface area contributed by atoms with Crippen LogP contribution in [0.2, 0.25) is 0 Å². The normalized spacial score (nSPS) is 19.9. The van der Waals surface area contributed by atoms with Crippen molar-refractivity contribution in [2.75, 3.05) is 13.1 Å². The van der Waals surface area contributed by atoms with Crippen LogP contribution in [0.15, 0.2) is 12.3 Å². The highest BCUT2D eigenvalue weighted by atomic mass is 16.2. The molecule has 1 aliphatic rings. The van der Waals surface area contributed by atoms with E-state index in [9.17, 15) is 4.79 Å². The number of nitrogens with two attached hydrogens (primary N) is 1. The molecule has 0 aliphatic carbocycles. The van der Waals surface area contributed by atoms with E-state index < -0.39 is 0 Å². The Morgan fingerprint density at radius 2 is 2.12 bits per heavy atom. The van der Waals surface area contributed by atoms with E-state index in [0.717, 1.165) is 42.7 Å². The molecule has 1 amide bonds. The van der Waals surface area contributed by atoms with Crippen molar-refractivity contribution >= 4 is 16.9 Å². The molecular formula is C18H27N5O. The van der Waals surface area contributed by atoms with Crippen LogP contribution in [0.3, 0.4) is 0 Å². The number of hydrogen-bond acceptors (Lipinski definition) is 4. The molecule has 0 aromatic carbocycles. The zero-order chi connectivity index (χ0) is 17.4. The van der Waals surface area contributed by atoms with Gasteiger partial charge in [0.2, 0.25) is 0 Å². The maximum atomic E-state index is 13.1. The van der Waals surface area contributed by atoms with Crippen LogP contribution in [0, 0.1) is 12.8 Å². The molecule has 0 saturated carbocycles. The number of amides is 1. The van der Waals surface area contributed by atoms with Gasteiger partial charge in [-0.15, -0.1) is 0 Å². The van der Waals surface area contributed by atoms with Crippen molar-refractivity contribution in [3.8, 4) is 0 Å².